The van der Waals surface area contributed by atoms with Crippen LogP contribution in [0, 0.1) is 0 Å². The lowest BCUT2D eigenvalue weighted by Gasteiger charge is -2.29. The van der Waals surface area contributed by atoms with Crippen molar-refractivity contribution in [1.29, 1.82) is 0 Å². The molecule has 6 heteroatoms. The van der Waals surface area contributed by atoms with Crippen LogP contribution in [0.4, 0.5) is 0 Å². The number of rotatable bonds is 1. The number of hydrogen-bond donors (Lipinski definition) is 1. The van der Waals surface area contributed by atoms with Crippen molar-refractivity contribution in [3.8, 4) is 0 Å². The highest BCUT2D eigenvalue weighted by Gasteiger charge is 2.42. The molecule has 1 saturated heterocycles. The van der Waals surface area contributed by atoms with Crippen LogP contribution < -0.4 is 9.98 Å². The molecule has 86 valence electrons. The maximum Gasteiger partial charge on any atom is 0.305 e. The van der Waals surface area contributed by atoms with Gasteiger partial charge in [0.2, 0.25) is 11.8 Å². The molecule has 0 saturated carbocycles. The van der Waals surface area contributed by atoms with Crippen LogP contribution in [0.5, 0.6) is 0 Å². The summed E-state index contributed by atoms with van der Waals surface area (Å²) in [7, 11) is 0. The van der Waals surface area contributed by atoms with Crippen LogP contribution in [0.15, 0.2) is 11.1 Å². The van der Waals surface area contributed by atoms with E-state index in [0.717, 1.165) is 5.57 Å². The Morgan fingerprint density at radius 2 is 2.12 bits per heavy atom. The largest absolute Gasteiger partial charge is 0.322 e. The maximum absolute atomic E-state index is 12.0. The zero-order chi connectivity index (χ0) is 12.0. The molecular weight excluding hydrogens is 222 g/mol. The molecule has 0 aliphatic carbocycles. The van der Waals surface area contributed by atoms with Gasteiger partial charge in [0.1, 0.15) is 11.6 Å². The second kappa shape index (κ2) is 3.40. The SMILES string of the molecule is O=C1CCC(N2CC3=C(C=[N+]=C3)C2=O)C(=O)N1. The molecule has 3 aliphatic heterocycles. The van der Waals surface area contributed by atoms with Gasteiger partial charge in [0.15, 0.2) is 0 Å². The Morgan fingerprint density at radius 3 is 2.82 bits per heavy atom. The zero-order valence-corrected chi connectivity index (χ0v) is 8.97. The fourth-order valence-corrected chi connectivity index (χ4v) is 2.31. The van der Waals surface area contributed by atoms with Crippen molar-refractivity contribution in [1.82, 2.24) is 14.9 Å². The molecule has 0 aromatic carbocycles. The summed E-state index contributed by atoms with van der Waals surface area (Å²) in [5.41, 5.74) is 1.41. The molecule has 17 heavy (non-hydrogen) atoms. The van der Waals surface area contributed by atoms with Crippen LogP contribution in [-0.4, -0.2) is 47.6 Å². The predicted octanol–water partition coefficient (Wildman–Crippen LogP) is -1.85. The van der Waals surface area contributed by atoms with Gasteiger partial charge in [-0.05, 0) is 6.42 Å². The Labute approximate surface area is 96.7 Å². The highest BCUT2D eigenvalue weighted by atomic mass is 16.2. The molecular formula is C11H10N3O3+. The first-order valence-corrected chi connectivity index (χ1v) is 5.41. The first-order valence-electron chi connectivity index (χ1n) is 5.41. The zero-order valence-electron chi connectivity index (χ0n) is 8.97. The summed E-state index contributed by atoms with van der Waals surface area (Å²) in [6, 6.07) is -0.535. The molecule has 3 aliphatic rings. The van der Waals surface area contributed by atoms with Gasteiger partial charge in [0.25, 0.3) is 12.1 Å². The number of nitrogens with one attached hydrogen (secondary N) is 1. The molecule has 6 nitrogen and oxygen atoms in total. The molecule has 0 spiro atoms. The van der Waals surface area contributed by atoms with Gasteiger partial charge >= 0.3 is 6.21 Å². The first kappa shape index (κ1) is 9.99. The highest BCUT2D eigenvalue weighted by molar-refractivity contribution is 6.22. The molecule has 0 aromatic rings. The van der Waals surface area contributed by atoms with Crippen molar-refractivity contribution in [3.05, 3.63) is 11.1 Å². The van der Waals surface area contributed by atoms with Crippen molar-refractivity contribution in [2.75, 3.05) is 6.54 Å². The van der Waals surface area contributed by atoms with E-state index < -0.39 is 6.04 Å². The molecule has 1 atom stereocenters. The molecule has 3 rings (SSSR count). The number of imide groups is 1. The lowest BCUT2D eigenvalue weighted by atomic mass is 10.0. The van der Waals surface area contributed by atoms with Crippen molar-refractivity contribution < 1.29 is 14.4 Å². The van der Waals surface area contributed by atoms with Crippen molar-refractivity contribution in [3.63, 3.8) is 0 Å². The summed E-state index contributed by atoms with van der Waals surface area (Å²) in [6.07, 6.45) is 3.83. The fourth-order valence-electron chi connectivity index (χ4n) is 2.31. The molecule has 3 heterocycles. The second-order valence-electron chi connectivity index (χ2n) is 4.25. The van der Waals surface area contributed by atoms with E-state index in [-0.39, 0.29) is 24.1 Å². The standard InChI is InChI=1S/C11H9N3O3/c15-9-2-1-8(10(16)13-9)14-5-6-3-12-4-7(6)11(14)17/h3-4,8H,1-2,5H2/p+1. The second-order valence-corrected chi connectivity index (χ2v) is 4.25. The third-order valence-corrected chi connectivity index (χ3v) is 3.20. The number of carbonyl (C=O) groups excluding carboxylic acids is 3. The Bertz CT molecular complexity index is 540. The Hall–Kier alpha value is -2.20. The van der Waals surface area contributed by atoms with Gasteiger partial charge in [0.05, 0.1) is 12.1 Å². The van der Waals surface area contributed by atoms with E-state index in [2.05, 4.69) is 9.98 Å². The van der Waals surface area contributed by atoms with E-state index in [1.807, 2.05) is 0 Å². The van der Waals surface area contributed by atoms with Crippen LogP contribution in [0.3, 0.4) is 0 Å². The molecule has 1 fully saturated rings. The average molecular weight is 232 g/mol. The van der Waals surface area contributed by atoms with E-state index in [1.54, 1.807) is 6.21 Å². The van der Waals surface area contributed by atoms with Gasteiger partial charge in [-0.25, -0.2) is 0 Å². The van der Waals surface area contributed by atoms with Gasteiger partial charge in [-0.3, -0.25) is 19.7 Å². The van der Waals surface area contributed by atoms with E-state index in [9.17, 15) is 14.4 Å². The minimum atomic E-state index is -0.535. The molecule has 3 amide bonds. The van der Waals surface area contributed by atoms with Gasteiger partial charge in [-0.2, -0.15) is 0 Å². The van der Waals surface area contributed by atoms with E-state index >= 15 is 0 Å². The third-order valence-electron chi connectivity index (χ3n) is 3.20. The van der Waals surface area contributed by atoms with Crippen LogP contribution in [0.1, 0.15) is 12.8 Å². The van der Waals surface area contributed by atoms with Gasteiger partial charge < -0.3 is 4.90 Å². The topological polar surface area (TPSA) is 80.6 Å². The normalized spacial score (nSPS) is 26.9. The van der Waals surface area contributed by atoms with Crippen LogP contribution >= 0.6 is 0 Å². The van der Waals surface area contributed by atoms with Crippen LogP contribution in [0.2, 0.25) is 0 Å². The molecule has 0 bridgehead atoms. The Balaban J connectivity index is 1.80. The molecule has 0 aromatic heterocycles. The quantitative estimate of drug-likeness (QED) is 0.426. The summed E-state index contributed by atoms with van der Waals surface area (Å²) < 4.78 is 3.90. The van der Waals surface area contributed by atoms with Gasteiger partial charge in [-0.1, -0.05) is 4.67 Å². The average Bonchev–Trinajstić information content (AvgIpc) is 2.83. The number of hydrogen-bond acceptors (Lipinski definition) is 3. The van der Waals surface area contributed by atoms with E-state index in [1.165, 1.54) is 11.1 Å². The van der Waals surface area contributed by atoms with E-state index in [4.69, 9.17) is 0 Å². The minimum Gasteiger partial charge on any atom is -0.322 e. The summed E-state index contributed by atoms with van der Waals surface area (Å²) in [5, 5.41) is 2.26. The number of carbonyl (C=O) groups is 3. The van der Waals surface area contributed by atoms with Crippen LogP contribution in [-0.2, 0) is 14.4 Å². The maximum atomic E-state index is 12.0. The Kier molecular flexibility index (Phi) is 2.00. The highest BCUT2D eigenvalue weighted by Crippen LogP contribution is 2.23. The lowest BCUT2D eigenvalue weighted by Crippen LogP contribution is -2.53. The smallest absolute Gasteiger partial charge is 0.305 e. The fraction of sp³-hybridized carbons (Fsp3) is 0.364. The number of amides is 3. The summed E-state index contributed by atoms with van der Waals surface area (Å²) in [6.45, 7) is 0.403. The third kappa shape index (κ3) is 1.42. The van der Waals surface area contributed by atoms with E-state index in [0.29, 0.717) is 18.5 Å². The predicted molar refractivity (Wildman–Crippen MR) is 59.2 cm³/mol. The van der Waals surface area contributed by atoms with Crippen molar-refractivity contribution >= 4 is 30.2 Å². The monoisotopic (exact) mass is 232 g/mol. The molecule has 1 N–H and O–H groups in total. The molecule has 1 unspecified atom stereocenters. The lowest BCUT2D eigenvalue weighted by molar-refractivity contribution is -0.142. The summed E-state index contributed by atoms with van der Waals surface area (Å²) in [4.78, 5) is 36.2. The first-order chi connectivity index (χ1) is 8.16. The van der Waals surface area contributed by atoms with Gasteiger partial charge in [-0.15, -0.1) is 0 Å². The van der Waals surface area contributed by atoms with Gasteiger partial charge in [0, 0.05) is 6.42 Å². The summed E-state index contributed by atoms with van der Waals surface area (Å²) in [5.74, 6) is -0.828. The van der Waals surface area contributed by atoms with Crippen molar-refractivity contribution in [2.45, 2.75) is 18.9 Å². The number of nitrogens with zero attached hydrogens (tertiary/aromatic N) is 2. The molecule has 0 radical (unpaired) electrons. The Morgan fingerprint density at radius 1 is 1.29 bits per heavy atom. The summed E-state index contributed by atoms with van der Waals surface area (Å²) >= 11 is 0. The number of piperidine rings is 1. The minimum absolute atomic E-state index is 0.174. The van der Waals surface area contributed by atoms with Crippen molar-refractivity contribution in [2.24, 2.45) is 0 Å². The van der Waals surface area contributed by atoms with Crippen LogP contribution in [0.25, 0.3) is 0 Å².